The summed E-state index contributed by atoms with van der Waals surface area (Å²) in [4.78, 5) is 27.3. The highest BCUT2D eigenvalue weighted by atomic mass is 19.4. The number of amides is 1. The van der Waals surface area contributed by atoms with Crippen molar-refractivity contribution in [1.29, 1.82) is 0 Å². The van der Waals surface area contributed by atoms with Crippen molar-refractivity contribution in [2.45, 2.75) is 57.7 Å². The molecule has 1 aromatic heterocycles. The largest absolute Gasteiger partial charge is 0.479 e. The maximum atomic E-state index is 13.3. The van der Waals surface area contributed by atoms with Gasteiger partial charge in [-0.05, 0) is 30.4 Å². The number of aliphatic carboxylic acids is 1. The van der Waals surface area contributed by atoms with E-state index in [1.807, 2.05) is 13.8 Å². The number of rotatable bonds is 5. The van der Waals surface area contributed by atoms with Gasteiger partial charge in [0.1, 0.15) is 5.54 Å². The lowest BCUT2D eigenvalue weighted by atomic mass is 9.79. The lowest BCUT2D eigenvalue weighted by Crippen LogP contribution is -2.57. The van der Waals surface area contributed by atoms with Crippen LogP contribution >= 0.6 is 0 Å². The summed E-state index contributed by atoms with van der Waals surface area (Å²) in [5.41, 5.74) is -1.20. The number of nitrogens with one attached hydrogen (secondary N) is 2. The minimum atomic E-state index is -4.51. The van der Waals surface area contributed by atoms with E-state index in [1.54, 1.807) is 6.07 Å². The molecule has 1 heterocycles. The number of carbonyl (C=O) groups is 2. The minimum Gasteiger partial charge on any atom is -0.479 e. The highest BCUT2D eigenvalue weighted by Gasteiger charge is 2.44. The SMILES string of the molecule is CCC(C)CC(=O)N[C@]1(C(=O)O)CCc2[nH]c3c(C(F)(F)F)cccc3c2C1. The first kappa shape index (κ1) is 20.2. The number of hydrogen-bond donors (Lipinski definition) is 3. The molecule has 0 saturated heterocycles. The summed E-state index contributed by atoms with van der Waals surface area (Å²) in [7, 11) is 0. The Bertz CT molecular complexity index is 919. The number of para-hydroxylation sites is 1. The lowest BCUT2D eigenvalue weighted by molar-refractivity contribution is -0.148. The summed E-state index contributed by atoms with van der Waals surface area (Å²) in [6, 6.07) is 3.87. The Labute approximate surface area is 160 Å². The van der Waals surface area contributed by atoms with Gasteiger partial charge in [0.2, 0.25) is 5.91 Å². The Kier molecular flexibility index (Phi) is 5.16. The number of halogens is 3. The molecule has 3 rings (SSSR count). The van der Waals surface area contributed by atoms with Crippen LogP contribution in [-0.2, 0) is 28.6 Å². The summed E-state index contributed by atoms with van der Waals surface area (Å²) >= 11 is 0. The second-order valence-corrected chi connectivity index (χ2v) is 7.64. The number of carboxylic acid groups (broad SMARTS) is 1. The van der Waals surface area contributed by atoms with Gasteiger partial charge in [-0.2, -0.15) is 13.2 Å². The fourth-order valence-corrected chi connectivity index (χ4v) is 3.83. The summed E-state index contributed by atoms with van der Waals surface area (Å²) < 4.78 is 40.0. The molecule has 1 aliphatic rings. The molecule has 8 heteroatoms. The van der Waals surface area contributed by atoms with E-state index in [-0.39, 0.29) is 43.0 Å². The van der Waals surface area contributed by atoms with E-state index in [1.165, 1.54) is 6.07 Å². The average molecular weight is 396 g/mol. The number of benzene rings is 1. The standard InChI is InChI=1S/C20H23F3N2O3/c1-3-11(2)9-16(26)25-19(18(27)28)8-7-15-13(10-19)12-5-4-6-14(17(12)24-15)20(21,22)23/h4-6,11,24H,3,7-10H2,1-2H3,(H,25,26)(H,27,28)/t11?,19-/m1/s1. The molecular weight excluding hydrogens is 373 g/mol. The van der Waals surface area contributed by atoms with Gasteiger partial charge in [-0.3, -0.25) is 4.79 Å². The molecule has 0 radical (unpaired) electrons. The van der Waals surface area contributed by atoms with E-state index in [9.17, 15) is 27.9 Å². The van der Waals surface area contributed by atoms with Crippen molar-refractivity contribution in [3.05, 3.63) is 35.0 Å². The van der Waals surface area contributed by atoms with Crippen LogP contribution in [0.25, 0.3) is 10.9 Å². The van der Waals surface area contributed by atoms with Gasteiger partial charge in [0, 0.05) is 23.9 Å². The molecule has 1 aliphatic carbocycles. The molecule has 0 saturated carbocycles. The van der Waals surface area contributed by atoms with E-state index < -0.39 is 23.2 Å². The number of H-pyrrole nitrogens is 1. The van der Waals surface area contributed by atoms with Gasteiger partial charge in [0.05, 0.1) is 11.1 Å². The van der Waals surface area contributed by atoms with Gasteiger partial charge in [-0.1, -0.05) is 32.4 Å². The second kappa shape index (κ2) is 7.14. The average Bonchev–Trinajstić information content (AvgIpc) is 2.98. The predicted octanol–water partition coefficient (Wildman–Crippen LogP) is 4.05. The molecule has 0 aliphatic heterocycles. The molecule has 1 amide bonds. The molecule has 1 unspecified atom stereocenters. The smallest absolute Gasteiger partial charge is 0.418 e. The van der Waals surface area contributed by atoms with E-state index in [0.717, 1.165) is 12.5 Å². The van der Waals surface area contributed by atoms with Gasteiger partial charge in [0.15, 0.2) is 0 Å². The Morgan fingerprint density at radius 3 is 2.68 bits per heavy atom. The maximum Gasteiger partial charge on any atom is 0.418 e. The lowest BCUT2D eigenvalue weighted by Gasteiger charge is -2.34. The predicted molar refractivity (Wildman–Crippen MR) is 97.9 cm³/mol. The van der Waals surface area contributed by atoms with Crippen molar-refractivity contribution in [2.24, 2.45) is 5.92 Å². The zero-order chi connectivity index (χ0) is 20.7. The Hall–Kier alpha value is -2.51. The van der Waals surface area contributed by atoms with Crippen molar-refractivity contribution in [2.75, 3.05) is 0 Å². The molecule has 28 heavy (non-hydrogen) atoms. The zero-order valence-corrected chi connectivity index (χ0v) is 15.7. The van der Waals surface area contributed by atoms with Crippen molar-refractivity contribution >= 4 is 22.8 Å². The van der Waals surface area contributed by atoms with Crippen LogP contribution in [0, 0.1) is 5.92 Å². The normalized spacial score (nSPS) is 20.6. The van der Waals surface area contributed by atoms with Crippen molar-refractivity contribution in [1.82, 2.24) is 10.3 Å². The van der Waals surface area contributed by atoms with Crippen LogP contribution in [0.3, 0.4) is 0 Å². The van der Waals surface area contributed by atoms with Crippen molar-refractivity contribution < 1.29 is 27.9 Å². The quantitative estimate of drug-likeness (QED) is 0.713. The first-order valence-corrected chi connectivity index (χ1v) is 9.31. The third kappa shape index (κ3) is 3.59. The maximum absolute atomic E-state index is 13.3. The number of carboxylic acids is 1. The fourth-order valence-electron chi connectivity index (χ4n) is 3.83. The highest BCUT2D eigenvalue weighted by molar-refractivity contribution is 5.92. The second-order valence-electron chi connectivity index (χ2n) is 7.64. The number of aromatic nitrogens is 1. The molecule has 2 atom stereocenters. The molecular formula is C20H23F3N2O3. The molecule has 0 bridgehead atoms. The van der Waals surface area contributed by atoms with Crippen LogP contribution in [-0.4, -0.2) is 27.5 Å². The molecule has 2 aromatic rings. The van der Waals surface area contributed by atoms with Crippen LogP contribution in [0.2, 0.25) is 0 Å². The highest BCUT2D eigenvalue weighted by Crippen LogP contribution is 2.40. The van der Waals surface area contributed by atoms with E-state index >= 15 is 0 Å². The summed E-state index contributed by atoms with van der Waals surface area (Å²) in [6.45, 7) is 3.85. The molecule has 152 valence electrons. The van der Waals surface area contributed by atoms with Crippen molar-refractivity contribution in [3.8, 4) is 0 Å². The first-order chi connectivity index (χ1) is 13.1. The number of aromatic amines is 1. The molecule has 5 nitrogen and oxygen atoms in total. The minimum absolute atomic E-state index is 0.0351. The first-order valence-electron chi connectivity index (χ1n) is 9.31. The third-order valence-corrected chi connectivity index (χ3v) is 5.63. The van der Waals surface area contributed by atoms with E-state index in [0.29, 0.717) is 16.6 Å². The molecule has 0 spiro atoms. The zero-order valence-electron chi connectivity index (χ0n) is 15.7. The molecule has 1 aromatic carbocycles. The number of carbonyl (C=O) groups excluding carboxylic acids is 1. The summed E-state index contributed by atoms with van der Waals surface area (Å²) in [6.07, 6.45) is -3.19. The van der Waals surface area contributed by atoms with Crippen molar-refractivity contribution in [3.63, 3.8) is 0 Å². The monoisotopic (exact) mass is 396 g/mol. The Morgan fingerprint density at radius 1 is 1.36 bits per heavy atom. The summed E-state index contributed by atoms with van der Waals surface area (Å²) in [5, 5.41) is 12.9. The Morgan fingerprint density at radius 2 is 2.07 bits per heavy atom. The molecule has 3 N–H and O–H groups in total. The van der Waals surface area contributed by atoms with Gasteiger partial charge in [-0.25, -0.2) is 4.79 Å². The van der Waals surface area contributed by atoms with Crippen LogP contribution < -0.4 is 5.32 Å². The van der Waals surface area contributed by atoms with Gasteiger partial charge < -0.3 is 15.4 Å². The van der Waals surface area contributed by atoms with Gasteiger partial charge >= 0.3 is 12.1 Å². The number of alkyl halides is 3. The Balaban J connectivity index is 1.99. The summed E-state index contributed by atoms with van der Waals surface area (Å²) in [5.74, 6) is -1.40. The van der Waals surface area contributed by atoms with Gasteiger partial charge in [-0.15, -0.1) is 0 Å². The van der Waals surface area contributed by atoms with Gasteiger partial charge in [0.25, 0.3) is 0 Å². The number of fused-ring (bicyclic) bond motifs is 3. The van der Waals surface area contributed by atoms with E-state index in [4.69, 9.17) is 0 Å². The number of aryl methyl sites for hydroxylation is 1. The topological polar surface area (TPSA) is 82.2 Å². The number of hydrogen-bond acceptors (Lipinski definition) is 2. The van der Waals surface area contributed by atoms with Crippen LogP contribution in [0.15, 0.2) is 18.2 Å². The van der Waals surface area contributed by atoms with Crippen LogP contribution in [0.4, 0.5) is 13.2 Å². The van der Waals surface area contributed by atoms with E-state index in [2.05, 4.69) is 10.3 Å². The van der Waals surface area contributed by atoms with Crippen LogP contribution in [0.1, 0.15) is 49.9 Å². The fraction of sp³-hybridized carbons (Fsp3) is 0.500. The van der Waals surface area contributed by atoms with Crippen LogP contribution in [0.5, 0.6) is 0 Å². The molecule has 0 fully saturated rings. The third-order valence-electron chi connectivity index (χ3n) is 5.63.